The first-order valence-electron chi connectivity index (χ1n) is 16.5. The summed E-state index contributed by atoms with van der Waals surface area (Å²) < 4.78 is 20.6. The maximum absolute atomic E-state index is 14.0. The van der Waals surface area contributed by atoms with Gasteiger partial charge in [0.05, 0.1) is 19.9 Å². The molecule has 13 heteroatoms. The minimum atomic E-state index is -2.42. The van der Waals surface area contributed by atoms with Crippen molar-refractivity contribution < 1.29 is 23.8 Å². The van der Waals surface area contributed by atoms with Gasteiger partial charge in [0.2, 0.25) is 0 Å². The Balaban J connectivity index is 1.67. The molecule has 0 radical (unpaired) electrons. The van der Waals surface area contributed by atoms with Crippen molar-refractivity contribution in [3.63, 3.8) is 0 Å². The SMILES string of the molecule is CC(C)(C)OC(=O)C1(NCc2ccc(I)cc2)N=CN=C2C1=NCN2[C@H]1C[C@@](O)([Si](C)(C)C(C)(C)C)[C@@H](CO[Si](C)(C)C(C)(C)C)O1. The van der Waals surface area contributed by atoms with Crippen LogP contribution in [-0.4, -0.2) is 92.3 Å². The first-order chi connectivity index (χ1) is 21.3. The minimum Gasteiger partial charge on any atom is -0.457 e. The van der Waals surface area contributed by atoms with Crippen LogP contribution in [0.2, 0.25) is 36.3 Å². The zero-order valence-corrected chi connectivity index (χ0v) is 34.8. The van der Waals surface area contributed by atoms with Crippen LogP contribution in [0.15, 0.2) is 39.2 Å². The fourth-order valence-corrected chi connectivity index (χ4v) is 10.0. The standard InChI is InChI=1S/C34H56IN5O5Si2/c1-30(2,3)45-29(41)34(38-19-23-14-16-24(35)17-15-23)27-28(36-21-39-34)40(22-37-27)26-18-33(42,46(10,11)31(4,5)6)25(44-26)20-43-47(12,13)32(7,8)9/h14-17,21,25-26,38,42H,18-20,22H2,1-13H3/t25-,26-,33-,34?/m1/s1. The van der Waals surface area contributed by atoms with E-state index in [1.54, 1.807) is 0 Å². The predicted octanol–water partition coefficient (Wildman–Crippen LogP) is 6.49. The van der Waals surface area contributed by atoms with Crippen molar-refractivity contribution in [1.82, 2.24) is 10.2 Å². The van der Waals surface area contributed by atoms with E-state index in [1.807, 2.05) is 49.9 Å². The topological polar surface area (TPSA) is 117 Å². The van der Waals surface area contributed by atoms with Gasteiger partial charge in [-0.05, 0) is 84.2 Å². The Hall–Kier alpha value is -1.50. The summed E-state index contributed by atoms with van der Waals surface area (Å²) in [6.07, 6.45) is 0.730. The Bertz CT molecular complexity index is 1430. The van der Waals surface area contributed by atoms with E-state index in [1.165, 1.54) is 6.34 Å². The van der Waals surface area contributed by atoms with Gasteiger partial charge in [0.25, 0.3) is 5.66 Å². The fourth-order valence-electron chi connectivity index (χ4n) is 5.74. The number of hydrogen-bond donors (Lipinski definition) is 2. The van der Waals surface area contributed by atoms with Crippen LogP contribution < -0.4 is 5.32 Å². The van der Waals surface area contributed by atoms with E-state index >= 15 is 0 Å². The Labute approximate surface area is 297 Å². The van der Waals surface area contributed by atoms with Gasteiger partial charge in [-0.3, -0.25) is 10.3 Å². The zero-order chi connectivity index (χ0) is 35.4. The molecule has 0 spiro atoms. The molecule has 3 heterocycles. The van der Waals surface area contributed by atoms with Gasteiger partial charge in [-0.15, -0.1) is 0 Å². The molecule has 0 amide bonds. The number of aliphatic imine (C=N–C) groups is 3. The van der Waals surface area contributed by atoms with E-state index in [0.717, 1.165) is 9.13 Å². The Morgan fingerprint density at radius 3 is 2.23 bits per heavy atom. The van der Waals surface area contributed by atoms with Gasteiger partial charge in [-0.1, -0.05) is 66.8 Å². The van der Waals surface area contributed by atoms with Gasteiger partial charge in [-0.2, -0.15) is 0 Å². The van der Waals surface area contributed by atoms with Crippen molar-refractivity contribution in [3.8, 4) is 0 Å². The number of ether oxygens (including phenoxy) is 2. The molecule has 262 valence electrons. The molecule has 47 heavy (non-hydrogen) atoms. The van der Waals surface area contributed by atoms with Crippen LogP contribution in [0.5, 0.6) is 0 Å². The number of halogens is 1. The summed E-state index contributed by atoms with van der Waals surface area (Å²) in [7, 11) is -4.54. The monoisotopic (exact) mass is 797 g/mol. The maximum atomic E-state index is 14.0. The molecule has 4 rings (SSSR count). The van der Waals surface area contributed by atoms with Gasteiger partial charge in [0.1, 0.15) is 36.7 Å². The van der Waals surface area contributed by atoms with Crippen LogP contribution in [0, 0.1) is 3.57 Å². The van der Waals surface area contributed by atoms with Gasteiger partial charge < -0.3 is 23.9 Å². The van der Waals surface area contributed by atoms with Crippen molar-refractivity contribution >= 4 is 62.8 Å². The van der Waals surface area contributed by atoms with Crippen molar-refractivity contribution in [1.29, 1.82) is 0 Å². The molecule has 1 fully saturated rings. The van der Waals surface area contributed by atoms with Gasteiger partial charge in [0.15, 0.2) is 14.2 Å². The Morgan fingerprint density at radius 2 is 1.68 bits per heavy atom. The normalized spacial score (nSPS) is 27.1. The molecule has 0 aliphatic carbocycles. The van der Waals surface area contributed by atoms with Crippen LogP contribution in [0.4, 0.5) is 0 Å². The van der Waals surface area contributed by atoms with E-state index < -0.39 is 51.2 Å². The van der Waals surface area contributed by atoms with Gasteiger partial charge >= 0.3 is 5.97 Å². The smallest absolute Gasteiger partial charge is 0.356 e. The van der Waals surface area contributed by atoms with E-state index in [9.17, 15) is 9.90 Å². The number of fused-ring (bicyclic) bond motifs is 1. The number of benzene rings is 1. The highest BCUT2D eigenvalue weighted by Gasteiger charge is 2.63. The highest BCUT2D eigenvalue weighted by atomic mass is 127. The number of hydrogen-bond acceptors (Lipinski definition) is 10. The van der Waals surface area contributed by atoms with Gasteiger partial charge in [0, 0.05) is 16.5 Å². The minimum absolute atomic E-state index is 0.0180. The third-order valence-electron chi connectivity index (χ3n) is 10.8. The molecular formula is C34H56IN5O5Si2. The van der Waals surface area contributed by atoms with E-state index in [-0.39, 0.29) is 16.7 Å². The van der Waals surface area contributed by atoms with Crippen molar-refractivity contribution in [2.75, 3.05) is 13.3 Å². The number of amidine groups is 1. The summed E-state index contributed by atoms with van der Waals surface area (Å²) in [4.78, 5) is 30.1. The highest BCUT2D eigenvalue weighted by Crippen LogP contribution is 2.51. The summed E-state index contributed by atoms with van der Waals surface area (Å²) >= 11 is 2.27. The molecule has 0 saturated carbocycles. The van der Waals surface area contributed by atoms with Crippen LogP contribution in [0.1, 0.15) is 74.3 Å². The summed E-state index contributed by atoms with van der Waals surface area (Å²) in [5.74, 6) is -0.0555. The summed E-state index contributed by atoms with van der Waals surface area (Å²) in [5.41, 5.74) is -0.962. The van der Waals surface area contributed by atoms with Crippen molar-refractivity contribution in [2.24, 2.45) is 15.0 Å². The molecule has 3 aliphatic heterocycles. The lowest BCUT2D eigenvalue weighted by atomic mass is 10.0. The molecule has 1 saturated heterocycles. The molecule has 10 nitrogen and oxygen atoms in total. The molecule has 0 aromatic heterocycles. The third-order valence-corrected chi connectivity index (χ3v) is 22.5. The number of aliphatic hydroxyl groups is 1. The van der Waals surface area contributed by atoms with Crippen molar-refractivity contribution in [3.05, 3.63) is 33.4 Å². The number of nitrogens with zero attached hydrogens (tertiary/aromatic N) is 4. The summed E-state index contributed by atoms with van der Waals surface area (Å²) in [5, 5.41) is 14.9. The highest BCUT2D eigenvalue weighted by molar-refractivity contribution is 14.1. The second kappa shape index (κ2) is 13.0. The quantitative estimate of drug-likeness (QED) is 0.167. The first-order valence-corrected chi connectivity index (χ1v) is 23.5. The number of rotatable bonds is 9. The molecule has 1 unspecified atom stereocenters. The lowest BCUT2D eigenvalue weighted by molar-refractivity contribution is -0.159. The zero-order valence-electron chi connectivity index (χ0n) is 30.6. The summed E-state index contributed by atoms with van der Waals surface area (Å²) in [6.45, 7) is 28.6. The molecule has 3 aliphatic rings. The second-order valence-corrected chi connectivity index (χ2v) is 28.8. The predicted molar refractivity (Wildman–Crippen MR) is 203 cm³/mol. The third kappa shape index (κ3) is 7.50. The van der Waals surface area contributed by atoms with Crippen LogP contribution >= 0.6 is 22.6 Å². The number of esters is 1. The van der Waals surface area contributed by atoms with Gasteiger partial charge in [-0.25, -0.2) is 14.8 Å². The van der Waals surface area contributed by atoms with E-state index in [0.29, 0.717) is 31.1 Å². The lowest BCUT2D eigenvalue weighted by Crippen LogP contribution is -2.65. The molecule has 0 bridgehead atoms. The van der Waals surface area contributed by atoms with E-state index in [2.05, 4.69) is 106 Å². The number of nitrogens with one attached hydrogen (secondary N) is 1. The Morgan fingerprint density at radius 1 is 1.06 bits per heavy atom. The lowest BCUT2D eigenvalue weighted by Gasteiger charge is -2.49. The van der Waals surface area contributed by atoms with Crippen LogP contribution in [0.25, 0.3) is 0 Å². The van der Waals surface area contributed by atoms with E-state index in [4.69, 9.17) is 18.9 Å². The molecule has 2 N–H and O–H groups in total. The number of carbonyl (C=O) groups is 1. The largest absolute Gasteiger partial charge is 0.457 e. The maximum Gasteiger partial charge on any atom is 0.356 e. The average molecular weight is 798 g/mol. The average Bonchev–Trinajstić information content (AvgIpc) is 3.51. The van der Waals surface area contributed by atoms with Crippen LogP contribution in [0.3, 0.4) is 0 Å². The molecule has 4 atom stereocenters. The van der Waals surface area contributed by atoms with Crippen molar-refractivity contribution in [2.45, 2.75) is 140 Å². The number of carbonyl (C=O) groups excluding carboxylic acids is 1. The van der Waals surface area contributed by atoms with Crippen LogP contribution in [-0.2, 0) is 25.2 Å². The first kappa shape index (κ1) is 38.3. The summed E-state index contributed by atoms with van der Waals surface area (Å²) in [6, 6.07) is 8.08. The molecular weight excluding hydrogens is 741 g/mol. The molecule has 1 aromatic rings. The second-order valence-electron chi connectivity index (χ2n) is 17.2. The Kier molecular flexibility index (Phi) is 10.6. The fraction of sp³-hybridized carbons (Fsp3) is 0.706. The molecule has 1 aromatic carbocycles.